The summed E-state index contributed by atoms with van der Waals surface area (Å²) in [4.78, 5) is 24.0. The molecule has 0 aromatic heterocycles. The van der Waals surface area contributed by atoms with Crippen molar-refractivity contribution >= 4 is 27.6 Å². The van der Waals surface area contributed by atoms with Crippen LogP contribution in [-0.4, -0.2) is 39.5 Å². The molecule has 1 amide bonds. The van der Waals surface area contributed by atoms with Gasteiger partial charge in [-0.05, 0) is 69.3 Å². The fourth-order valence-corrected chi connectivity index (χ4v) is 3.59. The lowest BCUT2D eigenvalue weighted by Crippen LogP contribution is -2.41. The number of sulfonamides is 1. The second-order valence-electron chi connectivity index (χ2n) is 6.03. The van der Waals surface area contributed by atoms with Gasteiger partial charge in [-0.15, -0.1) is 0 Å². The summed E-state index contributed by atoms with van der Waals surface area (Å²) in [5, 5.41) is 2.60. The summed E-state index contributed by atoms with van der Waals surface area (Å²) in [5.74, 6) is -0.436. The van der Waals surface area contributed by atoms with Crippen LogP contribution in [0.2, 0.25) is 0 Å². The fraction of sp³-hybridized carbons (Fsp3) is 0.300. The average molecular weight is 420 g/mol. The molecule has 8 nitrogen and oxygen atoms in total. The van der Waals surface area contributed by atoms with Gasteiger partial charge in [0.1, 0.15) is 5.75 Å². The van der Waals surface area contributed by atoms with E-state index in [1.807, 2.05) is 6.92 Å². The zero-order valence-corrected chi connectivity index (χ0v) is 17.3. The molecule has 2 aromatic carbocycles. The molecule has 0 saturated carbocycles. The van der Waals surface area contributed by atoms with Gasteiger partial charge in [0, 0.05) is 5.69 Å². The SMILES string of the molecule is CCOC(=O)c1ccc(NC(=O)[C@H](C)NS(=O)(=O)c2ccc(OCC)cc2)cc1. The summed E-state index contributed by atoms with van der Waals surface area (Å²) >= 11 is 0. The first-order valence-electron chi connectivity index (χ1n) is 9.10. The number of esters is 1. The van der Waals surface area contributed by atoms with Crippen LogP contribution in [0.5, 0.6) is 5.75 Å². The molecular formula is C20H24N2O6S. The Balaban J connectivity index is 1.99. The molecule has 29 heavy (non-hydrogen) atoms. The van der Waals surface area contributed by atoms with Crippen LogP contribution in [0.15, 0.2) is 53.4 Å². The summed E-state index contributed by atoms with van der Waals surface area (Å²) in [6, 6.07) is 11.0. The molecule has 9 heteroatoms. The van der Waals surface area contributed by atoms with Crippen molar-refractivity contribution in [1.82, 2.24) is 4.72 Å². The Morgan fingerprint density at radius 3 is 2.14 bits per heavy atom. The number of ether oxygens (including phenoxy) is 2. The molecule has 0 aliphatic carbocycles. The quantitative estimate of drug-likeness (QED) is 0.603. The van der Waals surface area contributed by atoms with Crippen LogP contribution in [0.3, 0.4) is 0 Å². The molecule has 2 rings (SSSR count). The molecule has 0 radical (unpaired) electrons. The van der Waals surface area contributed by atoms with E-state index in [0.717, 1.165) is 0 Å². The van der Waals surface area contributed by atoms with E-state index in [0.29, 0.717) is 23.6 Å². The van der Waals surface area contributed by atoms with Crippen molar-refractivity contribution in [3.8, 4) is 5.75 Å². The van der Waals surface area contributed by atoms with E-state index in [1.54, 1.807) is 19.1 Å². The van der Waals surface area contributed by atoms with Crippen LogP contribution in [0.25, 0.3) is 0 Å². The minimum Gasteiger partial charge on any atom is -0.494 e. The minimum atomic E-state index is -3.88. The molecule has 0 bridgehead atoms. The van der Waals surface area contributed by atoms with Gasteiger partial charge in [-0.2, -0.15) is 4.72 Å². The fourth-order valence-electron chi connectivity index (χ4n) is 2.39. The topological polar surface area (TPSA) is 111 Å². The lowest BCUT2D eigenvalue weighted by atomic mass is 10.2. The van der Waals surface area contributed by atoms with Crippen LogP contribution < -0.4 is 14.8 Å². The molecule has 2 N–H and O–H groups in total. The van der Waals surface area contributed by atoms with Crippen LogP contribution in [-0.2, 0) is 19.6 Å². The third-order valence-electron chi connectivity index (χ3n) is 3.83. The molecule has 0 unspecified atom stereocenters. The van der Waals surface area contributed by atoms with E-state index in [9.17, 15) is 18.0 Å². The summed E-state index contributed by atoms with van der Waals surface area (Å²) in [5.41, 5.74) is 0.782. The highest BCUT2D eigenvalue weighted by molar-refractivity contribution is 7.89. The van der Waals surface area contributed by atoms with E-state index < -0.39 is 27.9 Å². The van der Waals surface area contributed by atoms with Crippen LogP contribution >= 0.6 is 0 Å². The summed E-state index contributed by atoms with van der Waals surface area (Å²) in [6.45, 7) is 5.72. The van der Waals surface area contributed by atoms with Crippen molar-refractivity contribution in [3.05, 3.63) is 54.1 Å². The molecule has 0 saturated heterocycles. The Bertz CT molecular complexity index is 940. The summed E-state index contributed by atoms with van der Waals surface area (Å²) in [7, 11) is -3.88. The van der Waals surface area contributed by atoms with Crippen LogP contribution in [0, 0.1) is 0 Å². The number of amides is 1. The van der Waals surface area contributed by atoms with Gasteiger partial charge in [-0.3, -0.25) is 4.79 Å². The Hall–Kier alpha value is -2.91. The largest absolute Gasteiger partial charge is 0.494 e. The van der Waals surface area contributed by atoms with Gasteiger partial charge < -0.3 is 14.8 Å². The number of benzene rings is 2. The highest BCUT2D eigenvalue weighted by Gasteiger charge is 2.22. The molecule has 0 fully saturated rings. The molecular weight excluding hydrogens is 396 g/mol. The Morgan fingerprint density at radius 2 is 1.59 bits per heavy atom. The van der Waals surface area contributed by atoms with E-state index in [2.05, 4.69) is 10.0 Å². The number of carbonyl (C=O) groups is 2. The standard InChI is InChI=1S/C20H24N2O6S/c1-4-27-17-10-12-18(13-11-17)29(25,26)22-14(3)19(23)21-16-8-6-15(7-9-16)20(24)28-5-2/h6-14,22H,4-5H2,1-3H3,(H,21,23)/t14-/m0/s1. The number of rotatable bonds is 9. The normalized spacial score (nSPS) is 12.1. The molecule has 2 aromatic rings. The zero-order chi connectivity index (χ0) is 21.4. The van der Waals surface area contributed by atoms with E-state index in [4.69, 9.17) is 9.47 Å². The van der Waals surface area contributed by atoms with Crippen molar-refractivity contribution in [3.63, 3.8) is 0 Å². The average Bonchev–Trinajstić information content (AvgIpc) is 2.69. The maximum Gasteiger partial charge on any atom is 0.338 e. The van der Waals surface area contributed by atoms with Gasteiger partial charge in [0.05, 0.1) is 29.7 Å². The number of hydrogen-bond acceptors (Lipinski definition) is 6. The van der Waals surface area contributed by atoms with Gasteiger partial charge in [0.2, 0.25) is 15.9 Å². The predicted molar refractivity (Wildman–Crippen MR) is 108 cm³/mol. The van der Waals surface area contributed by atoms with Gasteiger partial charge >= 0.3 is 5.97 Å². The summed E-state index contributed by atoms with van der Waals surface area (Å²) in [6.07, 6.45) is 0. The maximum atomic E-state index is 12.5. The van der Waals surface area contributed by atoms with E-state index in [1.165, 1.54) is 43.3 Å². The molecule has 0 aliphatic rings. The molecule has 1 atom stereocenters. The molecule has 156 valence electrons. The lowest BCUT2D eigenvalue weighted by molar-refractivity contribution is -0.117. The first kappa shape index (κ1) is 22.4. The zero-order valence-electron chi connectivity index (χ0n) is 16.5. The highest BCUT2D eigenvalue weighted by Crippen LogP contribution is 2.16. The molecule has 0 heterocycles. The van der Waals surface area contributed by atoms with Gasteiger partial charge in [-0.1, -0.05) is 0 Å². The first-order chi connectivity index (χ1) is 13.8. The predicted octanol–water partition coefficient (Wildman–Crippen LogP) is 2.57. The third-order valence-corrected chi connectivity index (χ3v) is 5.39. The number of hydrogen-bond donors (Lipinski definition) is 2. The number of anilines is 1. The first-order valence-corrected chi connectivity index (χ1v) is 10.6. The van der Waals surface area contributed by atoms with Crippen molar-refractivity contribution in [2.45, 2.75) is 31.7 Å². The second-order valence-corrected chi connectivity index (χ2v) is 7.75. The van der Waals surface area contributed by atoms with Crippen molar-refractivity contribution in [1.29, 1.82) is 0 Å². The second kappa shape index (κ2) is 10.0. The smallest absolute Gasteiger partial charge is 0.338 e. The lowest BCUT2D eigenvalue weighted by Gasteiger charge is -2.15. The number of nitrogens with one attached hydrogen (secondary N) is 2. The number of carbonyl (C=O) groups excluding carboxylic acids is 2. The maximum absolute atomic E-state index is 12.5. The third kappa shape index (κ3) is 6.30. The highest BCUT2D eigenvalue weighted by atomic mass is 32.2. The Labute approximate surface area is 170 Å². The molecule has 0 spiro atoms. The van der Waals surface area contributed by atoms with Gasteiger partial charge in [0.25, 0.3) is 0 Å². The van der Waals surface area contributed by atoms with E-state index >= 15 is 0 Å². The Kier molecular flexibility index (Phi) is 7.74. The van der Waals surface area contributed by atoms with Gasteiger partial charge in [-0.25, -0.2) is 13.2 Å². The monoisotopic (exact) mass is 420 g/mol. The summed E-state index contributed by atoms with van der Waals surface area (Å²) < 4.78 is 37.5. The Morgan fingerprint density at radius 1 is 0.966 bits per heavy atom. The van der Waals surface area contributed by atoms with E-state index in [-0.39, 0.29) is 11.5 Å². The van der Waals surface area contributed by atoms with Crippen LogP contribution in [0.4, 0.5) is 5.69 Å². The van der Waals surface area contributed by atoms with Crippen molar-refractivity contribution in [2.75, 3.05) is 18.5 Å². The molecule has 0 aliphatic heterocycles. The van der Waals surface area contributed by atoms with Crippen molar-refractivity contribution in [2.24, 2.45) is 0 Å². The van der Waals surface area contributed by atoms with Crippen LogP contribution in [0.1, 0.15) is 31.1 Å². The minimum absolute atomic E-state index is 0.0272. The van der Waals surface area contributed by atoms with Crippen molar-refractivity contribution < 1.29 is 27.5 Å². The van der Waals surface area contributed by atoms with Gasteiger partial charge in [0.15, 0.2) is 0 Å².